The topological polar surface area (TPSA) is 35.2 Å². The molecule has 0 heterocycles. The minimum Gasteiger partial charge on any atom is -0.491 e. The van der Waals surface area contributed by atoms with Crippen molar-refractivity contribution in [3.8, 4) is 5.75 Å². The van der Waals surface area contributed by atoms with Crippen LogP contribution < -0.4 is 10.5 Å². The van der Waals surface area contributed by atoms with Crippen molar-refractivity contribution in [2.75, 3.05) is 13.2 Å². The second-order valence-electron chi connectivity index (χ2n) is 3.17. The van der Waals surface area contributed by atoms with Crippen LogP contribution in [0.3, 0.4) is 0 Å². The van der Waals surface area contributed by atoms with E-state index in [0.29, 0.717) is 0 Å². The van der Waals surface area contributed by atoms with Crippen molar-refractivity contribution in [1.82, 2.24) is 0 Å². The van der Waals surface area contributed by atoms with Gasteiger partial charge < -0.3 is 10.5 Å². The third-order valence-electron chi connectivity index (χ3n) is 1.87. The van der Waals surface area contributed by atoms with E-state index in [2.05, 4.69) is 0 Å². The van der Waals surface area contributed by atoms with Crippen LogP contribution in [0, 0.1) is 0 Å². The van der Waals surface area contributed by atoms with E-state index < -0.39 is 17.9 Å². The van der Waals surface area contributed by atoms with E-state index in [-0.39, 0.29) is 18.9 Å². The van der Waals surface area contributed by atoms with Crippen LogP contribution in [0.1, 0.15) is 5.56 Å². The maximum atomic E-state index is 12.7. The third kappa shape index (κ3) is 3.69. The second kappa shape index (κ2) is 5.16. The number of hydrogen-bond donors (Lipinski definition) is 1. The predicted molar refractivity (Wildman–Crippen MR) is 50.9 cm³/mol. The van der Waals surface area contributed by atoms with Crippen molar-refractivity contribution in [1.29, 1.82) is 0 Å². The van der Waals surface area contributed by atoms with Gasteiger partial charge in [0.2, 0.25) is 0 Å². The van der Waals surface area contributed by atoms with Crippen molar-refractivity contribution in [2.24, 2.45) is 5.73 Å². The molecule has 0 aromatic heterocycles. The lowest BCUT2D eigenvalue weighted by Gasteiger charge is -2.10. The van der Waals surface area contributed by atoms with Gasteiger partial charge in [-0.05, 0) is 24.3 Å². The Bertz CT molecular complexity index is 323. The summed E-state index contributed by atoms with van der Waals surface area (Å²) < 4.78 is 54.1. The molecule has 1 aromatic rings. The van der Waals surface area contributed by atoms with Crippen LogP contribution in [0.2, 0.25) is 0 Å². The standard InChI is InChI=1S/C10H11F4NO/c11-8(5-15)6-16-9-3-1-7(2-4-9)10(12,13)14/h1-4,8H,5-6,15H2. The average molecular weight is 237 g/mol. The molecule has 2 nitrogen and oxygen atoms in total. The Morgan fingerprint density at radius 2 is 1.75 bits per heavy atom. The first-order valence-electron chi connectivity index (χ1n) is 4.57. The van der Waals surface area contributed by atoms with Gasteiger partial charge in [-0.1, -0.05) is 0 Å². The summed E-state index contributed by atoms with van der Waals surface area (Å²) in [5.41, 5.74) is 4.25. The van der Waals surface area contributed by atoms with Gasteiger partial charge in [-0.3, -0.25) is 0 Å². The number of hydrogen-bond acceptors (Lipinski definition) is 2. The van der Waals surface area contributed by atoms with Gasteiger partial charge in [0, 0.05) is 6.54 Å². The molecule has 0 saturated carbocycles. The van der Waals surface area contributed by atoms with Crippen LogP contribution >= 0.6 is 0 Å². The summed E-state index contributed by atoms with van der Waals surface area (Å²) in [7, 11) is 0. The minimum absolute atomic E-state index is 0.180. The maximum Gasteiger partial charge on any atom is 0.416 e. The highest BCUT2D eigenvalue weighted by Gasteiger charge is 2.29. The molecule has 0 fully saturated rings. The molecule has 1 unspecified atom stereocenters. The van der Waals surface area contributed by atoms with Crippen LogP contribution in [0.25, 0.3) is 0 Å². The number of halogens is 4. The Labute approximate surface area is 90.0 Å². The molecule has 0 aliphatic rings. The smallest absolute Gasteiger partial charge is 0.416 e. The molecule has 0 radical (unpaired) electrons. The van der Waals surface area contributed by atoms with E-state index in [1.807, 2.05) is 0 Å². The number of ether oxygens (including phenoxy) is 1. The summed E-state index contributed by atoms with van der Waals surface area (Å²) in [5, 5.41) is 0. The van der Waals surface area contributed by atoms with Gasteiger partial charge >= 0.3 is 6.18 Å². The molecule has 0 bridgehead atoms. The normalized spacial score (nSPS) is 13.6. The monoisotopic (exact) mass is 237 g/mol. The van der Waals surface area contributed by atoms with Gasteiger partial charge in [-0.25, -0.2) is 4.39 Å². The quantitative estimate of drug-likeness (QED) is 0.816. The lowest BCUT2D eigenvalue weighted by atomic mass is 10.2. The zero-order valence-corrected chi connectivity index (χ0v) is 8.30. The van der Waals surface area contributed by atoms with Crippen LogP contribution in [0.4, 0.5) is 17.6 Å². The predicted octanol–water partition coefficient (Wildman–Crippen LogP) is 2.38. The Balaban J connectivity index is 2.58. The molecular weight excluding hydrogens is 226 g/mol. The van der Waals surface area contributed by atoms with Crippen molar-refractivity contribution >= 4 is 0 Å². The molecule has 16 heavy (non-hydrogen) atoms. The largest absolute Gasteiger partial charge is 0.491 e. The van der Waals surface area contributed by atoms with Gasteiger partial charge in [-0.15, -0.1) is 0 Å². The van der Waals surface area contributed by atoms with Crippen molar-refractivity contribution in [2.45, 2.75) is 12.3 Å². The summed E-state index contributed by atoms with van der Waals surface area (Å²) in [6, 6.07) is 4.05. The van der Waals surface area contributed by atoms with Gasteiger partial charge in [0.05, 0.1) is 5.56 Å². The molecule has 0 spiro atoms. The summed E-state index contributed by atoms with van der Waals surface area (Å²) in [4.78, 5) is 0. The minimum atomic E-state index is -4.38. The van der Waals surface area contributed by atoms with E-state index in [1.165, 1.54) is 0 Å². The lowest BCUT2D eigenvalue weighted by Crippen LogP contribution is -2.22. The summed E-state index contributed by atoms with van der Waals surface area (Å²) >= 11 is 0. The molecule has 90 valence electrons. The molecule has 1 atom stereocenters. The number of benzene rings is 1. The molecule has 1 aromatic carbocycles. The third-order valence-corrected chi connectivity index (χ3v) is 1.87. The van der Waals surface area contributed by atoms with E-state index in [4.69, 9.17) is 10.5 Å². The number of nitrogens with two attached hydrogens (primary N) is 1. The fourth-order valence-corrected chi connectivity index (χ4v) is 0.995. The lowest BCUT2D eigenvalue weighted by molar-refractivity contribution is -0.137. The second-order valence-corrected chi connectivity index (χ2v) is 3.17. The molecule has 6 heteroatoms. The van der Waals surface area contributed by atoms with Crippen molar-refractivity contribution < 1.29 is 22.3 Å². The SMILES string of the molecule is NCC(F)COc1ccc(C(F)(F)F)cc1. The summed E-state index contributed by atoms with van der Waals surface area (Å²) in [5.74, 6) is 0.184. The van der Waals surface area contributed by atoms with E-state index in [0.717, 1.165) is 24.3 Å². The fourth-order valence-electron chi connectivity index (χ4n) is 0.995. The first kappa shape index (κ1) is 12.8. The number of alkyl halides is 4. The maximum absolute atomic E-state index is 12.7. The molecule has 2 N–H and O–H groups in total. The molecule has 0 aliphatic carbocycles. The Hall–Kier alpha value is -1.30. The molecule has 0 aliphatic heterocycles. The van der Waals surface area contributed by atoms with Gasteiger partial charge in [0.25, 0.3) is 0 Å². The first-order valence-corrected chi connectivity index (χ1v) is 4.57. The average Bonchev–Trinajstić information content (AvgIpc) is 2.25. The van der Waals surface area contributed by atoms with Crippen molar-refractivity contribution in [3.05, 3.63) is 29.8 Å². The van der Waals surface area contributed by atoms with Crippen LogP contribution in [0.5, 0.6) is 5.75 Å². The van der Waals surface area contributed by atoms with Crippen molar-refractivity contribution in [3.63, 3.8) is 0 Å². The molecule has 0 saturated heterocycles. The summed E-state index contributed by atoms with van der Waals surface area (Å²) in [6.45, 7) is -0.442. The van der Waals surface area contributed by atoms with E-state index >= 15 is 0 Å². The molecule has 0 amide bonds. The van der Waals surface area contributed by atoms with E-state index in [9.17, 15) is 17.6 Å². The van der Waals surface area contributed by atoms with Gasteiger partial charge in [0.1, 0.15) is 18.5 Å². The highest BCUT2D eigenvalue weighted by atomic mass is 19.4. The van der Waals surface area contributed by atoms with Crippen LogP contribution in [0.15, 0.2) is 24.3 Å². The number of rotatable bonds is 4. The van der Waals surface area contributed by atoms with Gasteiger partial charge in [0.15, 0.2) is 0 Å². The first-order chi connectivity index (χ1) is 7.43. The fraction of sp³-hybridized carbons (Fsp3) is 0.400. The Morgan fingerprint density at radius 1 is 1.19 bits per heavy atom. The Morgan fingerprint density at radius 3 is 2.19 bits per heavy atom. The zero-order chi connectivity index (χ0) is 12.2. The van der Waals surface area contributed by atoms with Crippen LogP contribution in [-0.2, 0) is 6.18 Å². The van der Waals surface area contributed by atoms with Gasteiger partial charge in [-0.2, -0.15) is 13.2 Å². The molecule has 1 rings (SSSR count). The highest BCUT2D eigenvalue weighted by Crippen LogP contribution is 2.30. The molecular formula is C10H11F4NO. The summed E-state index contributed by atoms with van der Waals surface area (Å²) in [6.07, 6.45) is -5.69. The van der Waals surface area contributed by atoms with Crippen LogP contribution in [-0.4, -0.2) is 19.3 Å². The zero-order valence-electron chi connectivity index (χ0n) is 8.30. The van der Waals surface area contributed by atoms with E-state index in [1.54, 1.807) is 0 Å². The highest BCUT2D eigenvalue weighted by molar-refractivity contribution is 5.28. The Kier molecular flexibility index (Phi) is 4.12.